The summed E-state index contributed by atoms with van der Waals surface area (Å²) in [5.74, 6) is 0.142. The molecule has 0 aliphatic heterocycles. The maximum absolute atomic E-state index is 11.0. The van der Waals surface area contributed by atoms with Gasteiger partial charge >= 0.3 is 0 Å². The molecule has 1 atom stereocenters. The normalized spacial score (nSPS) is 17.1. The summed E-state index contributed by atoms with van der Waals surface area (Å²) >= 11 is 0. The first-order valence-electron chi connectivity index (χ1n) is 4.79. The molecule has 3 N–H and O–H groups in total. The predicted molar refractivity (Wildman–Crippen MR) is 52.3 cm³/mol. The Balaban J connectivity index is 2.13. The number of hydrogen-bond acceptors (Lipinski definition) is 3. The first kappa shape index (κ1) is 10.8. The van der Waals surface area contributed by atoms with E-state index in [9.17, 15) is 4.79 Å². The standard InChI is InChI=1S/C8H15N5O/c9-8(14)7(6-2-3-6)11-4-1-5-12-13-10/h6-7,11H,1-5H2,(H2,9,14). The summed E-state index contributed by atoms with van der Waals surface area (Å²) in [6.07, 6.45) is 2.90. The molecule has 6 nitrogen and oxygen atoms in total. The van der Waals surface area contributed by atoms with Gasteiger partial charge in [-0.1, -0.05) is 5.11 Å². The van der Waals surface area contributed by atoms with Crippen molar-refractivity contribution in [2.75, 3.05) is 13.1 Å². The van der Waals surface area contributed by atoms with E-state index in [0.717, 1.165) is 19.3 Å². The molecule has 0 radical (unpaired) electrons. The fourth-order valence-electron chi connectivity index (χ4n) is 1.38. The van der Waals surface area contributed by atoms with Gasteiger partial charge in [0.1, 0.15) is 0 Å². The Bertz CT molecular complexity index is 244. The Hall–Kier alpha value is -1.26. The second-order valence-corrected chi connectivity index (χ2v) is 3.48. The van der Waals surface area contributed by atoms with Crippen LogP contribution in [0, 0.1) is 5.92 Å². The molecule has 0 heterocycles. The minimum atomic E-state index is -0.281. The van der Waals surface area contributed by atoms with Gasteiger partial charge in [-0.25, -0.2) is 0 Å². The molecule has 0 aromatic rings. The van der Waals surface area contributed by atoms with Crippen molar-refractivity contribution >= 4 is 5.91 Å². The van der Waals surface area contributed by atoms with Gasteiger partial charge in [-0.15, -0.1) is 0 Å². The van der Waals surface area contributed by atoms with Crippen molar-refractivity contribution < 1.29 is 4.79 Å². The Morgan fingerprint density at radius 1 is 1.71 bits per heavy atom. The number of rotatable bonds is 7. The molecule has 0 aromatic carbocycles. The SMILES string of the molecule is [N-]=[N+]=NCCCNC(C(N)=O)C1CC1. The van der Waals surface area contributed by atoms with Crippen LogP contribution in [0.1, 0.15) is 19.3 Å². The first-order chi connectivity index (χ1) is 6.75. The Kier molecular flexibility index (Phi) is 4.22. The number of nitrogens with one attached hydrogen (secondary N) is 1. The maximum atomic E-state index is 11.0. The molecule has 78 valence electrons. The van der Waals surface area contributed by atoms with Gasteiger partial charge in [0.05, 0.1) is 6.04 Å². The number of amides is 1. The molecule has 14 heavy (non-hydrogen) atoms. The first-order valence-corrected chi connectivity index (χ1v) is 4.79. The summed E-state index contributed by atoms with van der Waals surface area (Å²) in [7, 11) is 0. The van der Waals surface area contributed by atoms with Crippen LogP contribution in [0.3, 0.4) is 0 Å². The molecular formula is C8H15N5O. The van der Waals surface area contributed by atoms with Crippen LogP contribution in [-0.2, 0) is 4.79 Å². The maximum Gasteiger partial charge on any atom is 0.234 e. The lowest BCUT2D eigenvalue weighted by Gasteiger charge is -2.13. The largest absolute Gasteiger partial charge is 0.368 e. The number of primary amides is 1. The molecular weight excluding hydrogens is 182 g/mol. The Labute approximate surface area is 82.5 Å². The van der Waals surface area contributed by atoms with Gasteiger partial charge in [0.25, 0.3) is 0 Å². The summed E-state index contributed by atoms with van der Waals surface area (Å²) in [4.78, 5) is 13.6. The van der Waals surface area contributed by atoms with E-state index in [1.807, 2.05) is 0 Å². The van der Waals surface area contributed by atoms with E-state index >= 15 is 0 Å². The molecule has 1 unspecified atom stereocenters. The molecule has 0 saturated heterocycles. The highest BCUT2D eigenvalue weighted by Gasteiger charge is 2.34. The minimum absolute atomic E-state index is 0.193. The zero-order valence-corrected chi connectivity index (χ0v) is 8.02. The molecule has 6 heteroatoms. The lowest BCUT2D eigenvalue weighted by Crippen LogP contribution is -2.43. The van der Waals surface area contributed by atoms with Crippen molar-refractivity contribution in [2.24, 2.45) is 16.8 Å². The van der Waals surface area contributed by atoms with E-state index in [4.69, 9.17) is 11.3 Å². The molecule has 1 amide bonds. The summed E-state index contributed by atoms with van der Waals surface area (Å²) < 4.78 is 0. The van der Waals surface area contributed by atoms with Gasteiger partial charge in [-0.3, -0.25) is 4.79 Å². The number of carbonyl (C=O) groups excluding carboxylic acids is 1. The van der Waals surface area contributed by atoms with Crippen LogP contribution in [0.5, 0.6) is 0 Å². The van der Waals surface area contributed by atoms with Crippen molar-refractivity contribution in [3.63, 3.8) is 0 Å². The molecule has 1 aliphatic carbocycles. The quantitative estimate of drug-likeness (QED) is 0.269. The Morgan fingerprint density at radius 2 is 2.43 bits per heavy atom. The van der Waals surface area contributed by atoms with Crippen LogP contribution in [0.2, 0.25) is 0 Å². The molecule has 1 aliphatic rings. The van der Waals surface area contributed by atoms with E-state index in [2.05, 4.69) is 15.3 Å². The highest BCUT2D eigenvalue weighted by atomic mass is 16.1. The van der Waals surface area contributed by atoms with Crippen LogP contribution in [0.4, 0.5) is 0 Å². The van der Waals surface area contributed by atoms with Crippen molar-refractivity contribution in [1.29, 1.82) is 0 Å². The van der Waals surface area contributed by atoms with Crippen LogP contribution < -0.4 is 11.1 Å². The summed E-state index contributed by atoms with van der Waals surface area (Å²) in [5.41, 5.74) is 13.3. The summed E-state index contributed by atoms with van der Waals surface area (Å²) in [6, 6.07) is -0.193. The molecule has 1 fully saturated rings. The van der Waals surface area contributed by atoms with E-state index in [1.165, 1.54) is 0 Å². The molecule has 1 rings (SSSR count). The lowest BCUT2D eigenvalue weighted by atomic mass is 10.1. The third-order valence-corrected chi connectivity index (χ3v) is 2.26. The molecule has 0 bridgehead atoms. The van der Waals surface area contributed by atoms with Crippen LogP contribution in [-0.4, -0.2) is 25.0 Å². The summed E-state index contributed by atoms with van der Waals surface area (Å²) in [6.45, 7) is 1.13. The number of nitrogens with zero attached hydrogens (tertiary/aromatic N) is 3. The van der Waals surface area contributed by atoms with Gasteiger partial charge in [0, 0.05) is 11.5 Å². The van der Waals surface area contributed by atoms with Crippen molar-refractivity contribution in [3.05, 3.63) is 10.4 Å². The van der Waals surface area contributed by atoms with Gasteiger partial charge in [-0.2, -0.15) is 0 Å². The summed E-state index contributed by atoms with van der Waals surface area (Å²) in [5, 5.41) is 6.48. The molecule has 1 saturated carbocycles. The van der Waals surface area contributed by atoms with E-state index in [1.54, 1.807) is 0 Å². The fraction of sp³-hybridized carbons (Fsp3) is 0.875. The second kappa shape index (κ2) is 5.47. The average Bonchev–Trinajstić information content (AvgIpc) is 2.94. The van der Waals surface area contributed by atoms with Crippen LogP contribution >= 0.6 is 0 Å². The lowest BCUT2D eigenvalue weighted by molar-refractivity contribution is -0.120. The number of carbonyl (C=O) groups is 1. The van der Waals surface area contributed by atoms with Crippen molar-refractivity contribution in [3.8, 4) is 0 Å². The van der Waals surface area contributed by atoms with Gasteiger partial charge in [0.15, 0.2) is 0 Å². The van der Waals surface area contributed by atoms with Crippen molar-refractivity contribution in [1.82, 2.24) is 5.32 Å². The molecule has 0 aromatic heterocycles. The van der Waals surface area contributed by atoms with Gasteiger partial charge in [0.2, 0.25) is 5.91 Å². The zero-order valence-electron chi connectivity index (χ0n) is 8.02. The monoisotopic (exact) mass is 197 g/mol. The average molecular weight is 197 g/mol. The topological polar surface area (TPSA) is 104 Å². The van der Waals surface area contributed by atoms with Crippen LogP contribution in [0.25, 0.3) is 10.4 Å². The predicted octanol–water partition coefficient (Wildman–Crippen LogP) is 0.540. The van der Waals surface area contributed by atoms with E-state index in [0.29, 0.717) is 19.0 Å². The van der Waals surface area contributed by atoms with Gasteiger partial charge in [-0.05, 0) is 37.3 Å². The van der Waals surface area contributed by atoms with Crippen LogP contribution in [0.15, 0.2) is 5.11 Å². The van der Waals surface area contributed by atoms with E-state index in [-0.39, 0.29) is 11.9 Å². The third-order valence-electron chi connectivity index (χ3n) is 2.26. The highest BCUT2D eigenvalue weighted by Crippen LogP contribution is 2.32. The van der Waals surface area contributed by atoms with Crippen molar-refractivity contribution in [2.45, 2.75) is 25.3 Å². The zero-order chi connectivity index (χ0) is 10.4. The fourth-order valence-corrected chi connectivity index (χ4v) is 1.38. The van der Waals surface area contributed by atoms with E-state index < -0.39 is 0 Å². The third kappa shape index (κ3) is 3.64. The highest BCUT2D eigenvalue weighted by molar-refractivity contribution is 5.80. The second-order valence-electron chi connectivity index (χ2n) is 3.48. The number of nitrogens with two attached hydrogens (primary N) is 1. The van der Waals surface area contributed by atoms with Gasteiger partial charge < -0.3 is 11.1 Å². The molecule has 0 spiro atoms. The minimum Gasteiger partial charge on any atom is -0.368 e. The number of azide groups is 1. The smallest absolute Gasteiger partial charge is 0.234 e. The number of hydrogen-bond donors (Lipinski definition) is 2. The Morgan fingerprint density at radius 3 is 2.93 bits per heavy atom.